The van der Waals surface area contributed by atoms with Gasteiger partial charge in [0.1, 0.15) is 6.04 Å². The van der Waals surface area contributed by atoms with Crippen LogP contribution < -0.4 is 11.1 Å². The van der Waals surface area contributed by atoms with Gasteiger partial charge in [-0.2, -0.15) is 11.8 Å². The maximum absolute atomic E-state index is 10.5. The standard InChI is InChI=1S/C7H16N2O2S/c1-5(3-8)12-4-6(9-2)7(10)11/h5-6,9H,3-4,8H2,1-2H3,(H,10,11)/t5-,6+/m1/s1. The number of carboxylic acid groups (broad SMARTS) is 1. The highest BCUT2D eigenvalue weighted by atomic mass is 32.2. The van der Waals surface area contributed by atoms with Gasteiger partial charge in [-0.05, 0) is 7.05 Å². The Morgan fingerprint density at radius 1 is 1.75 bits per heavy atom. The molecule has 0 spiro atoms. The molecule has 0 heterocycles. The van der Waals surface area contributed by atoms with E-state index in [0.717, 1.165) is 0 Å². The van der Waals surface area contributed by atoms with Crippen LogP contribution in [0.3, 0.4) is 0 Å². The molecule has 0 rings (SSSR count). The van der Waals surface area contributed by atoms with Crippen LogP contribution in [0.2, 0.25) is 0 Å². The van der Waals surface area contributed by atoms with Crippen LogP contribution in [0.5, 0.6) is 0 Å². The summed E-state index contributed by atoms with van der Waals surface area (Å²) in [7, 11) is 1.65. The van der Waals surface area contributed by atoms with Crippen molar-refractivity contribution in [3.8, 4) is 0 Å². The number of thioether (sulfide) groups is 1. The Hall–Kier alpha value is -0.260. The van der Waals surface area contributed by atoms with Crippen LogP contribution in [0, 0.1) is 0 Å². The summed E-state index contributed by atoms with van der Waals surface area (Å²) in [5, 5.41) is 11.7. The molecule has 0 aromatic carbocycles. The predicted octanol–water partition coefficient (Wildman–Crippen LogP) is -0.261. The maximum Gasteiger partial charge on any atom is 0.321 e. The number of carbonyl (C=O) groups is 1. The number of hydrogen-bond acceptors (Lipinski definition) is 4. The summed E-state index contributed by atoms with van der Waals surface area (Å²) < 4.78 is 0. The van der Waals surface area contributed by atoms with Gasteiger partial charge < -0.3 is 16.2 Å². The van der Waals surface area contributed by atoms with Gasteiger partial charge in [-0.1, -0.05) is 6.92 Å². The van der Waals surface area contributed by atoms with Crippen molar-refractivity contribution in [2.24, 2.45) is 5.73 Å². The smallest absolute Gasteiger partial charge is 0.321 e. The van der Waals surface area contributed by atoms with E-state index in [1.807, 2.05) is 6.92 Å². The summed E-state index contributed by atoms with van der Waals surface area (Å²) in [5.41, 5.74) is 5.39. The molecule has 4 N–H and O–H groups in total. The molecule has 0 radical (unpaired) electrons. The summed E-state index contributed by atoms with van der Waals surface area (Å²) in [6, 6.07) is -0.469. The van der Waals surface area contributed by atoms with Crippen molar-refractivity contribution >= 4 is 17.7 Å². The molecule has 0 saturated heterocycles. The third-order valence-electron chi connectivity index (χ3n) is 1.53. The predicted molar refractivity (Wildman–Crippen MR) is 51.5 cm³/mol. The highest BCUT2D eigenvalue weighted by Crippen LogP contribution is 2.10. The van der Waals surface area contributed by atoms with Gasteiger partial charge in [-0.25, -0.2) is 0 Å². The zero-order valence-corrected chi connectivity index (χ0v) is 8.23. The first kappa shape index (κ1) is 11.7. The Kier molecular flexibility index (Phi) is 6.14. The van der Waals surface area contributed by atoms with Crippen molar-refractivity contribution in [2.45, 2.75) is 18.2 Å². The Bertz CT molecular complexity index is 143. The molecule has 0 aliphatic heterocycles. The minimum Gasteiger partial charge on any atom is -0.480 e. The quantitative estimate of drug-likeness (QED) is 0.540. The highest BCUT2D eigenvalue weighted by Gasteiger charge is 2.15. The summed E-state index contributed by atoms with van der Waals surface area (Å²) in [5.74, 6) is -0.251. The van der Waals surface area contributed by atoms with Crippen LogP contribution in [0.15, 0.2) is 0 Å². The van der Waals surface area contributed by atoms with Gasteiger partial charge in [0.25, 0.3) is 0 Å². The van der Waals surface area contributed by atoms with E-state index in [1.165, 1.54) is 0 Å². The number of hydrogen-bond donors (Lipinski definition) is 3. The van der Waals surface area contributed by atoms with Gasteiger partial charge >= 0.3 is 5.97 Å². The van der Waals surface area contributed by atoms with E-state index in [0.29, 0.717) is 17.5 Å². The Labute approximate surface area is 76.9 Å². The van der Waals surface area contributed by atoms with E-state index in [1.54, 1.807) is 18.8 Å². The fraction of sp³-hybridized carbons (Fsp3) is 0.857. The second-order valence-corrected chi connectivity index (χ2v) is 4.03. The van der Waals surface area contributed by atoms with Crippen LogP contribution in [0.4, 0.5) is 0 Å². The fourth-order valence-corrected chi connectivity index (χ4v) is 1.57. The molecule has 72 valence electrons. The normalized spacial score (nSPS) is 15.6. The molecule has 0 bridgehead atoms. The van der Waals surface area contributed by atoms with Crippen molar-refractivity contribution in [3.05, 3.63) is 0 Å². The lowest BCUT2D eigenvalue weighted by Gasteiger charge is -2.13. The van der Waals surface area contributed by atoms with Gasteiger partial charge in [0.05, 0.1) is 0 Å². The lowest BCUT2D eigenvalue weighted by molar-refractivity contribution is -0.138. The minimum atomic E-state index is -0.811. The van der Waals surface area contributed by atoms with Crippen molar-refractivity contribution in [1.29, 1.82) is 0 Å². The topological polar surface area (TPSA) is 75.3 Å². The molecule has 0 fully saturated rings. The Balaban J connectivity index is 3.65. The number of carboxylic acids is 1. The Morgan fingerprint density at radius 3 is 2.67 bits per heavy atom. The molecule has 5 heteroatoms. The molecule has 0 saturated carbocycles. The second kappa shape index (κ2) is 6.28. The van der Waals surface area contributed by atoms with E-state index in [2.05, 4.69) is 5.32 Å². The molecular formula is C7H16N2O2S. The summed E-state index contributed by atoms with van der Waals surface area (Å²) in [6.45, 7) is 2.57. The average molecular weight is 192 g/mol. The third kappa shape index (κ3) is 4.58. The van der Waals surface area contributed by atoms with Crippen LogP contribution in [-0.4, -0.2) is 41.7 Å². The van der Waals surface area contributed by atoms with Gasteiger partial charge in [0.2, 0.25) is 0 Å². The highest BCUT2D eigenvalue weighted by molar-refractivity contribution is 8.00. The molecule has 0 aromatic heterocycles. The SMILES string of the molecule is CN[C@@H](CS[C@H](C)CN)C(=O)O. The zero-order chi connectivity index (χ0) is 9.56. The summed E-state index contributed by atoms with van der Waals surface area (Å²) in [6.07, 6.45) is 0. The number of nitrogens with two attached hydrogens (primary N) is 1. The van der Waals surface area contributed by atoms with E-state index in [4.69, 9.17) is 10.8 Å². The maximum atomic E-state index is 10.5. The number of aliphatic carboxylic acids is 1. The fourth-order valence-electron chi connectivity index (χ4n) is 0.607. The summed E-state index contributed by atoms with van der Waals surface area (Å²) in [4.78, 5) is 10.5. The Morgan fingerprint density at radius 2 is 2.33 bits per heavy atom. The second-order valence-electron chi connectivity index (χ2n) is 2.56. The molecule has 0 aliphatic rings. The lowest BCUT2D eigenvalue weighted by Crippen LogP contribution is -2.36. The number of likely N-dealkylation sites (N-methyl/N-ethyl adjacent to an activating group) is 1. The average Bonchev–Trinajstić information content (AvgIpc) is 2.04. The van der Waals surface area contributed by atoms with Crippen LogP contribution >= 0.6 is 11.8 Å². The van der Waals surface area contributed by atoms with E-state index >= 15 is 0 Å². The minimum absolute atomic E-state index is 0.320. The first-order valence-corrected chi connectivity index (χ1v) is 4.88. The van der Waals surface area contributed by atoms with Crippen LogP contribution in [0.1, 0.15) is 6.92 Å². The van der Waals surface area contributed by atoms with Crippen molar-refractivity contribution < 1.29 is 9.90 Å². The van der Waals surface area contributed by atoms with E-state index in [9.17, 15) is 4.79 Å². The molecule has 0 unspecified atom stereocenters. The van der Waals surface area contributed by atoms with Gasteiger partial charge in [-0.3, -0.25) is 4.79 Å². The molecule has 0 amide bonds. The molecule has 12 heavy (non-hydrogen) atoms. The van der Waals surface area contributed by atoms with E-state index < -0.39 is 12.0 Å². The van der Waals surface area contributed by atoms with Gasteiger partial charge in [0, 0.05) is 17.5 Å². The number of nitrogens with one attached hydrogen (secondary N) is 1. The van der Waals surface area contributed by atoms with Gasteiger partial charge in [0.15, 0.2) is 0 Å². The molecule has 2 atom stereocenters. The number of rotatable bonds is 6. The van der Waals surface area contributed by atoms with Crippen molar-refractivity contribution in [2.75, 3.05) is 19.3 Å². The van der Waals surface area contributed by atoms with Crippen LogP contribution in [0.25, 0.3) is 0 Å². The lowest BCUT2D eigenvalue weighted by atomic mass is 10.3. The van der Waals surface area contributed by atoms with E-state index in [-0.39, 0.29) is 0 Å². The zero-order valence-electron chi connectivity index (χ0n) is 7.41. The first-order chi connectivity index (χ1) is 5.61. The van der Waals surface area contributed by atoms with Crippen LogP contribution in [-0.2, 0) is 4.79 Å². The molecule has 0 aromatic rings. The van der Waals surface area contributed by atoms with Gasteiger partial charge in [-0.15, -0.1) is 0 Å². The molecule has 4 nitrogen and oxygen atoms in total. The molecule has 0 aliphatic carbocycles. The molecular weight excluding hydrogens is 176 g/mol. The monoisotopic (exact) mass is 192 g/mol. The largest absolute Gasteiger partial charge is 0.480 e. The van der Waals surface area contributed by atoms with Crippen molar-refractivity contribution in [3.63, 3.8) is 0 Å². The summed E-state index contributed by atoms with van der Waals surface area (Å²) >= 11 is 1.57. The third-order valence-corrected chi connectivity index (χ3v) is 2.81. The first-order valence-electron chi connectivity index (χ1n) is 3.83. The van der Waals surface area contributed by atoms with Crippen molar-refractivity contribution in [1.82, 2.24) is 5.32 Å².